The lowest BCUT2D eigenvalue weighted by Gasteiger charge is -2.17. The second kappa shape index (κ2) is 6.93. The Bertz CT molecular complexity index is 446. The molecule has 1 nitrogen and oxygen atoms in total. The van der Waals surface area contributed by atoms with Gasteiger partial charge in [0.15, 0.2) is 0 Å². The summed E-state index contributed by atoms with van der Waals surface area (Å²) in [5.74, 6) is -0.775. The van der Waals surface area contributed by atoms with E-state index in [-0.39, 0.29) is 12.0 Å². The van der Waals surface area contributed by atoms with Crippen LogP contribution in [0.25, 0.3) is 0 Å². The molecule has 0 atom stereocenters. The highest BCUT2D eigenvalue weighted by atomic mass is 79.9. The summed E-state index contributed by atoms with van der Waals surface area (Å²) >= 11 is 2.49. The molecule has 0 aliphatic heterocycles. The first-order chi connectivity index (χ1) is 9.12. The summed E-state index contributed by atoms with van der Waals surface area (Å²) in [4.78, 5) is -0.595. The maximum absolute atomic E-state index is 12.4. The van der Waals surface area contributed by atoms with Crippen LogP contribution in [-0.4, -0.2) is 17.2 Å². The number of halogens is 7. The first-order valence-corrected chi connectivity index (χ1v) is 7.25. The summed E-state index contributed by atoms with van der Waals surface area (Å²) in [5, 5.41) is 0.523. The van der Waals surface area contributed by atoms with Gasteiger partial charge in [0.25, 0.3) is 0 Å². The van der Waals surface area contributed by atoms with E-state index in [9.17, 15) is 26.3 Å². The van der Waals surface area contributed by atoms with Crippen LogP contribution < -0.4 is 4.74 Å². The third-order valence-electron chi connectivity index (χ3n) is 2.08. The molecule has 0 saturated heterocycles. The number of para-hydroxylation sites is 1. The fourth-order valence-corrected chi connectivity index (χ4v) is 2.39. The highest BCUT2D eigenvalue weighted by molar-refractivity contribution is 9.09. The molecule has 0 heterocycles. The Morgan fingerprint density at radius 1 is 1.10 bits per heavy atom. The van der Waals surface area contributed by atoms with Gasteiger partial charge < -0.3 is 4.74 Å². The SMILES string of the molecule is FC(F)(F)Oc1c(CCCBr)cccc1SC(F)(F)F. The number of hydrogen-bond acceptors (Lipinski definition) is 2. The monoisotopic (exact) mass is 382 g/mol. The van der Waals surface area contributed by atoms with E-state index in [0.29, 0.717) is 11.8 Å². The van der Waals surface area contributed by atoms with Gasteiger partial charge in [-0.25, -0.2) is 0 Å². The van der Waals surface area contributed by atoms with Crippen LogP contribution in [0.4, 0.5) is 26.3 Å². The molecule has 1 aromatic carbocycles. The van der Waals surface area contributed by atoms with Crippen LogP contribution in [-0.2, 0) is 6.42 Å². The number of alkyl halides is 7. The van der Waals surface area contributed by atoms with E-state index in [4.69, 9.17) is 0 Å². The van der Waals surface area contributed by atoms with E-state index >= 15 is 0 Å². The Labute approximate surface area is 123 Å². The van der Waals surface area contributed by atoms with Gasteiger partial charge in [0.1, 0.15) is 5.75 Å². The van der Waals surface area contributed by atoms with E-state index in [1.165, 1.54) is 12.1 Å². The standard InChI is InChI=1S/C11H9BrF6OS/c12-6-2-4-7-3-1-5-8(20-11(16,17)18)9(7)19-10(13,14)15/h1,3,5H,2,4,6H2. The summed E-state index contributed by atoms with van der Waals surface area (Å²) in [6, 6.07) is 3.56. The van der Waals surface area contributed by atoms with Crippen LogP contribution >= 0.6 is 27.7 Å². The fraction of sp³-hybridized carbons (Fsp3) is 0.455. The van der Waals surface area contributed by atoms with Crippen molar-refractivity contribution in [1.82, 2.24) is 0 Å². The molecule has 0 N–H and O–H groups in total. The molecule has 114 valence electrons. The van der Waals surface area contributed by atoms with Gasteiger partial charge in [0.05, 0.1) is 4.90 Å². The summed E-state index contributed by atoms with van der Waals surface area (Å²) in [6.07, 6.45) is -4.37. The quantitative estimate of drug-likeness (QED) is 0.376. The minimum Gasteiger partial charge on any atom is -0.404 e. The van der Waals surface area contributed by atoms with Crippen LogP contribution in [0.5, 0.6) is 5.75 Å². The number of ether oxygens (including phenoxy) is 1. The number of aryl methyl sites for hydroxylation is 1. The lowest BCUT2D eigenvalue weighted by molar-refractivity contribution is -0.275. The molecule has 1 rings (SSSR count). The minimum atomic E-state index is -5.04. The van der Waals surface area contributed by atoms with Gasteiger partial charge >= 0.3 is 11.9 Å². The third kappa shape index (κ3) is 6.25. The smallest absolute Gasteiger partial charge is 0.404 e. The van der Waals surface area contributed by atoms with Gasteiger partial charge in [-0.05, 0) is 36.2 Å². The number of thioether (sulfide) groups is 1. The maximum atomic E-state index is 12.4. The molecule has 0 aromatic heterocycles. The minimum absolute atomic E-state index is 0.0935. The summed E-state index contributed by atoms with van der Waals surface area (Å²) in [6.45, 7) is 0. The zero-order chi connectivity index (χ0) is 15.4. The van der Waals surface area contributed by atoms with E-state index in [1.807, 2.05) is 0 Å². The van der Waals surface area contributed by atoms with Crippen LogP contribution in [0.2, 0.25) is 0 Å². The van der Waals surface area contributed by atoms with Crippen molar-refractivity contribution in [1.29, 1.82) is 0 Å². The molecule has 0 spiro atoms. The molecule has 0 unspecified atom stereocenters. The van der Waals surface area contributed by atoms with Crippen molar-refractivity contribution in [3.05, 3.63) is 23.8 Å². The first kappa shape index (κ1) is 17.5. The predicted octanol–water partition coefficient (Wildman–Crippen LogP) is 5.52. The van der Waals surface area contributed by atoms with Crippen molar-refractivity contribution in [3.63, 3.8) is 0 Å². The van der Waals surface area contributed by atoms with Crippen LogP contribution in [0.1, 0.15) is 12.0 Å². The normalized spacial score (nSPS) is 12.6. The Kier molecular flexibility index (Phi) is 6.06. The van der Waals surface area contributed by atoms with Crippen molar-refractivity contribution < 1.29 is 31.1 Å². The number of hydrogen-bond donors (Lipinski definition) is 0. The Hall–Kier alpha value is -0.570. The molecule has 0 amide bonds. The van der Waals surface area contributed by atoms with Crippen LogP contribution in [0.15, 0.2) is 23.1 Å². The number of rotatable bonds is 5. The van der Waals surface area contributed by atoms with Gasteiger partial charge in [0.2, 0.25) is 0 Å². The molecule has 20 heavy (non-hydrogen) atoms. The largest absolute Gasteiger partial charge is 0.573 e. The van der Waals surface area contributed by atoms with Crippen molar-refractivity contribution in [2.45, 2.75) is 29.6 Å². The van der Waals surface area contributed by atoms with Crippen molar-refractivity contribution in [2.24, 2.45) is 0 Å². The molecule has 0 saturated carbocycles. The Balaban J connectivity index is 3.14. The molecular formula is C11H9BrF6OS. The third-order valence-corrected chi connectivity index (χ3v) is 3.42. The molecule has 0 aliphatic carbocycles. The average molecular weight is 383 g/mol. The zero-order valence-electron chi connectivity index (χ0n) is 9.82. The molecule has 0 aliphatic rings. The summed E-state index contributed by atoms with van der Waals surface area (Å²) in [5.41, 5.74) is -4.59. The highest BCUT2D eigenvalue weighted by Gasteiger charge is 2.36. The lowest BCUT2D eigenvalue weighted by Crippen LogP contribution is -2.19. The van der Waals surface area contributed by atoms with Crippen molar-refractivity contribution >= 4 is 27.7 Å². The van der Waals surface area contributed by atoms with E-state index in [0.717, 1.165) is 6.07 Å². The summed E-state index contributed by atoms with van der Waals surface area (Å²) < 4.78 is 77.8. The molecule has 0 fully saturated rings. The van der Waals surface area contributed by atoms with Gasteiger partial charge in [-0.15, -0.1) is 13.2 Å². The van der Waals surface area contributed by atoms with Crippen molar-refractivity contribution in [3.8, 4) is 5.75 Å². The molecule has 0 bridgehead atoms. The summed E-state index contributed by atoms with van der Waals surface area (Å²) in [7, 11) is 0. The van der Waals surface area contributed by atoms with Crippen molar-refractivity contribution in [2.75, 3.05) is 5.33 Å². The van der Waals surface area contributed by atoms with Gasteiger partial charge in [-0.1, -0.05) is 28.1 Å². The molecule has 0 radical (unpaired) electrons. The topological polar surface area (TPSA) is 9.23 Å². The van der Waals surface area contributed by atoms with E-state index < -0.39 is 34.3 Å². The average Bonchev–Trinajstić information content (AvgIpc) is 2.26. The molecule has 9 heteroatoms. The Morgan fingerprint density at radius 3 is 2.25 bits per heavy atom. The fourth-order valence-electron chi connectivity index (χ4n) is 1.45. The Morgan fingerprint density at radius 2 is 1.75 bits per heavy atom. The first-order valence-electron chi connectivity index (χ1n) is 5.32. The van der Waals surface area contributed by atoms with Gasteiger partial charge in [-0.3, -0.25) is 0 Å². The number of benzene rings is 1. The zero-order valence-corrected chi connectivity index (χ0v) is 12.2. The lowest BCUT2D eigenvalue weighted by atomic mass is 10.1. The van der Waals surface area contributed by atoms with E-state index in [2.05, 4.69) is 20.7 Å². The molecule has 1 aromatic rings. The van der Waals surface area contributed by atoms with Crippen LogP contribution in [0, 0.1) is 0 Å². The van der Waals surface area contributed by atoms with E-state index in [1.54, 1.807) is 0 Å². The van der Waals surface area contributed by atoms with Gasteiger partial charge in [-0.2, -0.15) is 13.2 Å². The van der Waals surface area contributed by atoms with Crippen LogP contribution in [0.3, 0.4) is 0 Å². The van der Waals surface area contributed by atoms with Gasteiger partial charge in [0, 0.05) is 5.33 Å². The second-order valence-electron chi connectivity index (χ2n) is 3.63. The predicted molar refractivity (Wildman–Crippen MR) is 67.2 cm³/mol. The molecular weight excluding hydrogens is 374 g/mol. The highest BCUT2D eigenvalue weighted by Crippen LogP contribution is 2.44. The maximum Gasteiger partial charge on any atom is 0.573 e. The second-order valence-corrected chi connectivity index (χ2v) is 5.53.